The molecule has 0 unspecified atom stereocenters. The van der Waals surface area contributed by atoms with E-state index in [0.29, 0.717) is 50.9 Å². The zero-order chi connectivity index (χ0) is 20.0. The molecule has 8 nitrogen and oxygen atoms in total. The van der Waals surface area contributed by atoms with Crippen LogP contribution in [0.15, 0.2) is 23.1 Å². The quantitative estimate of drug-likeness (QED) is 0.664. The van der Waals surface area contributed by atoms with Crippen LogP contribution < -0.4 is 15.0 Å². The third kappa shape index (κ3) is 5.22. The van der Waals surface area contributed by atoms with Crippen LogP contribution in [0.2, 0.25) is 0 Å². The van der Waals surface area contributed by atoms with Crippen LogP contribution in [-0.4, -0.2) is 71.2 Å². The molecular formula is C19H30N3O5S+. The lowest BCUT2D eigenvalue weighted by atomic mass is 10.2. The Morgan fingerprint density at radius 1 is 1.21 bits per heavy atom. The Kier molecular flexibility index (Phi) is 7.28. The van der Waals surface area contributed by atoms with Gasteiger partial charge in [0.1, 0.15) is 23.7 Å². The molecule has 0 aromatic heterocycles. The van der Waals surface area contributed by atoms with E-state index in [1.54, 1.807) is 12.1 Å². The smallest absolute Gasteiger partial charge is 0.279 e. The van der Waals surface area contributed by atoms with E-state index in [9.17, 15) is 13.2 Å². The van der Waals surface area contributed by atoms with Crippen LogP contribution in [0.3, 0.4) is 0 Å². The molecule has 0 radical (unpaired) electrons. The number of carbonyl (C=O) groups excluding carboxylic acids is 1. The second kappa shape index (κ2) is 9.69. The van der Waals surface area contributed by atoms with E-state index < -0.39 is 10.0 Å². The highest BCUT2D eigenvalue weighted by Gasteiger charge is 2.29. The minimum Gasteiger partial charge on any atom is -0.492 e. The number of nitrogens with zero attached hydrogens (tertiary/aromatic N) is 1. The summed E-state index contributed by atoms with van der Waals surface area (Å²) in [5.41, 5.74) is 0.469. The Morgan fingerprint density at radius 2 is 1.93 bits per heavy atom. The van der Waals surface area contributed by atoms with E-state index in [-0.39, 0.29) is 10.8 Å². The minimum atomic E-state index is -3.67. The average molecular weight is 413 g/mol. The van der Waals surface area contributed by atoms with Crippen LogP contribution in [0.4, 0.5) is 5.69 Å². The normalized spacial score (nSPS) is 19.3. The highest BCUT2D eigenvalue weighted by atomic mass is 32.2. The molecule has 0 bridgehead atoms. The van der Waals surface area contributed by atoms with Gasteiger partial charge < -0.3 is 19.7 Å². The lowest BCUT2D eigenvalue weighted by Gasteiger charge is -2.27. The first-order valence-corrected chi connectivity index (χ1v) is 11.4. The highest BCUT2D eigenvalue weighted by molar-refractivity contribution is 7.89. The molecule has 156 valence electrons. The minimum absolute atomic E-state index is 0.118. The van der Waals surface area contributed by atoms with Gasteiger partial charge in [-0.1, -0.05) is 6.42 Å². The number of carbonyl (C=O) groups is 1. The molecule has 2 fully saturated rings. The Bertz CT molecular complexity index is 772. The van der Waals surface area contributed by atoms with Crippen molar-refractivity contribution in [2.45, 2.75) is 31.1 Å². The topological polar surface area (TPSA) is 89.4 Å². The molecule has 28 heavy (non-hydrogen) atoms. The first-order valence-electron chi connectivity index (χ1n) is 9.99. The lowest BCUT2D eigenvalue weighted by molar-refractivity contribution is -0.899. The zero-order valence-electron chi connectivity index (χ0n) is 16.4. The number of piperidine rings is 1. The molecular weight excluding hydrogens is 382 g/mol. The highest BCUT2D eigenvalue weighted by Crippen LogP contribution is 2.31. The molecule has 2 saturated heterocycles. The van der Waals surface area contributed by atoms with Crippen molar-refractivity contribution in [2.75, 3.05) is 57.9 Å². The largest absolute Gasteiger partial charge is 0.492 e. The van der Waals surface area contributed by atoms with E-state index in [1.807, 2.05) is 6.92 Å². The van der Waals surface area contributed by atoms with Crippen molar-refractivity contribution in [3.05, 3.63) is 18.2 Å². The summed E-state index contributed by atoms with van der Waals surface area (Å²) in [6, 6.07) is 4.83. The number of rotatable bonds is 7. The number of amides is 1. The van der Waals surface area contributed by atoms with Crippen LogP contribution in [-0.2, 0) is 19.6 Å². The maximum Gasteiger partial charge on any atom is 0.279 e. The lowest BCUT2D eigenvalue weighted by Crippen LogP contribution is -3.15. The van der Waals surface area contributed by atoms with Gasteiger partial charge in [0.2, 0.25) is 10.0 Å². The fourth-order valence-corrected chi connectivity index (χ4v) is 5.25. The van der Waals surface area contributed by atoms with Crippen molar-refractivity contribution in [2.24, 2.45) is 0 Å². The first kappa shape index (κ1) is 21.0. The molecule has 0 saturated carbocycles. The van der Waals surface area contributed by atoms with Gasteiger partial charge in [0.15, 0.2) is 6.54 Å². The van der Waals surface area contributed by atoms with Gasteiger partial charge in [-0.3, -0.25) is 4.79 Å². The van der Waals surface area contributed by atoms with Crippen molar-refractivity contribution >= 4 is 21.6 Å². The van der Waals surface area contributed by atoms with E-state index in [1.165, 1.54) is 10.4 Å². The van der Waals surface area contributed by atoms with Crippen molar-refractivity contribution in [3.8, 4) is 5.75 Å². The Labute approximate surface area is 166 Å². The number of quaternary nitrogens is 1. The average Bonchev–Trinajstić information content (AvgIpc) is 2.70. The van der Waals surface area contributed by atoms with Gasteiger partial charge in [-0.2, -0.15) is 4.31 Å². The molecule has 0 spiro atoms. The number of ether oxygens (including phenoxy) is 2. The van der Waals surface area contributed by atoms with E-state index in [2.05, 4.69) is 5.32 Å². The number of morpholine rings is 1. The van der Waals surface area contributed by atoms with Crippen LogP contribution in [0.5, 0.6) is 5.75 Å². The number of hydrogen-bond donors (Lipinski definition) is 2. The molecule has 2 N–H and O–H groups in total. The summed E-state index contributed by atoms with van der Waals surface area (Å²) in [6.45, 7) is 6.47. The fraction of sp³-hybridized carbons (Fsp3) is 0.632. The summed E-state index contributed by atoms with van der Waals surface area (Å²) in [7, 11) is -3.67. The number of sulfonamides is 1. The second-order valence-corrected chi connectivity index (χ2v) is 9.05. The number of benzene rings is 1. The molecule has 2 aliphatic rings. The van der Waals surface area contributed by atoms with Crippen LogP contribution in [0.25, 0.3) is 0 Å². The molecule has 0 aliphatic carbocycles. The van der Waals surface area contributed by atoms with Crippen LogP contribution >= 0.6 is 0 Å². The number of anilines is 1. The molecule has 3 rings (SSSR count). The molecule has 1 aromatic carbocycles. The van der Waals surface area contributed by atoms with E-state index in [0.717, 1.165) is 37.3 Å². The van der Waals surface area contributed by atoms with Gasteiger partial charge in [0.25, 0.3) is 5.91 Å². The number of hydrogen-bond acceptors (Lipinski definition) is 5. The van der Waals surface area contributed by atoms with Gasteiger partial charge in [-0.25, -0.2) is 8.42 Å². The van der Waals surface area contributed by atoms with Crippen LogP contribution in [0, 0.1) is 0 Å². The van der Waals surface area contributed by atoms with Crippen molar-refractivity contribution in [1.82, 2.24) is 4.31 Å². The summed E-state index contributed by atoms with van der Waals surface area (Å²) < 4.78 is 38.7. The standard InChI is InChI=1S/C19H29N3O5S/c1-2-27-17-7-6-16(20-19(23)15-21-10-12-26-13-11-21)14-18(17)28(24,25)22-8-4-3-5-9-22/h6-7,14H,2-5,8-13,15H2,1H3,(H,20,23)/p+1. The fourth-order valence-electron chi connectivity index (χ4n) is 3.58. The first-order chi connectivity index (χ1) is 13.5. The predicted molar refractivity (Wildman–Crippen MR) is 105 cm³/mol. The molecule has 1 aromatic rings. The summed E-state index contributed by atoms with van der Waals surface area (Å²) in [5, 5.41) is 2.83. The summed E-state index contributed by atoms with van der Waals surface area (Å²) in [5.74, 6) is 0.187. The Morgan fingerprint density at radius 3 is 2.61 bits per heavy atom. The summed E-state index contributed by atoms with van der Waals surface area (Å²) in [6.07, 6.45) is 2.77. The van der Waals surface area contributed by atoms with Gasteiger partial charge >= 0.3 is 0 Å². The Balaban J connectivity index is 1.77. The van der Waals surface area contributed by atoms with Gasteiger partial charge in [-0.05, 0) is 38.0 Å². The SMILES string of the molecule is CCOc1ccc(NC(=O)C[NH+]2CCOCC2)cc1S(=O)(=O)N1CCCCC1. The number of nitrogens with one attached hydrogen (secondary N) is 2. The monoisotopic (exact) mass is 412 g/mol. The molecule has 0 atom stereocenters. The van der Waals surface area contributed by atoms with Gasteiger partial charge in [0.05, 0.1) is 19.8 Å². The summed E-state index contributed by atoms with van der Waals surface area (Å²) >= 11 is 0. The Hall–Kier alpha value is -1.68. The summed E-state index contributed by atoms with van der Waals surface area (Å²) in [4.78, 5) is 13.7. The third-order valence-corrected chi connectivity index (χ3v) is 6.99. The maximum atomic E-state index is 13.2. The van der Waals surface area contributed by atoms with Gasteiger partial charge in [-0.15, -0.1) is 0 Å². The van der Waals surface area contributed by atoms with Crippen molar-refractivity contribution in [1.29, 1.82) is 0 Å². The van der Waals surface area contributed by atoms with E-state index >= 15 is 0 Å². The van der Waals surface area contributed by atoms with Crippen molar-refractivity contribution in [3.63, 3.8) is 0 Å². The molecule has 2 heterocycles. The predicted octanol–water partition coefficient (Wildman–Crippen LogP) is 0.114. The van der Waals surface area contributed by atoms with Crippen molar-refractivity contribution < 1.29 is 27.6 Å². The van der Waals surface area contributed by atoms with E-state index in [4.69, 9.17) is 9.47 Å². The van der Waals surface area contributed by atoms with Crippen LogP contribution in [0.1, 0.15) is 26.2 Å². The second-order valence-electron chi connectivity index (χ2n) is 7.15. The zero-order valence-corrected chi connectivity index (χ0v) is 17.2. The van der Waals surface area contributed by atoms with Gasteiger partial charge in [0, 0.05) is 18.8 Å². The molecule has 2 aliphatic heterocycles. The maximum absolute atomic E-state index is 13.2. The third-order valence-electron chi connectivity index (χ3n) is 5.07. The molecule has 1 amide bonds. The molecule has 9 heteroatoms.